The number of halogens is 1. The quantitative estimate of drug-likeness (QED) is 0.839. The number of amides is 1. The number of carbonyl (C=O) groups excluding carboxylic acids is 1. The Labute approximate surface area is 151 Å². The van der Waals surface area contributed by atoms with Crippen molar-refractivity contribution in [2.75, 3.05) is 24.5 Å². The summed E-state index contributed by atoms with van der Waals surface area (Å²) in [7, 11) is 0. The molecule has 25 heavy (non-hydrogen) atoms. The Hall–Kier alpha value is -2.02. The smallest absolute Gasteiger partial charge is 0.225 e. The van der Waals surface area contributed by atoms with Crippen LogP contribution in [0.5, 0.6) is 0 Å². The number of anilines is 1. The molecule has 1 unspecified atom stereocenters. The standard InChI is InChI=1S/C18H23FN4OS/c1-12(2)17(24)23-9-8-22(11-13(23)3)18-20-16(21-25-18)10-14-4-6-15(19)7-5-14/h4-7,12-13H,8-11H2,1-3H3. The lowest BCUT2D eigenvalue weighted by atomic mass is 10.1. The largest absolute Gasteiger partial charge is 0.343 e. The van der Waals surface area contributed by atoms with E-state index in [2.05, 4.69) is 21.2 Å². The monoisotopic (exact) mass is 362 g/mol. The molecular formula is C18H23FN4OS. The number of carbonyl (C=O) groups is 1. The van der Waals surface area contributed by atoms with Crippen molar-refractivity contribution in [1.82, 2.24) is 14.3 Å². The van der Waals surface area contributed by atoms with Crippen LogP contribution >= 0.6 is 11.5 Å². The molecule has 1 atom stereocenters. The van der Waals surface area contributed by atoms with E-state index < -0.39 is 0 Å². The van der Waals surface area contributed by atoms with Crippen LogP contribution < -0.4 is 4.90 Å². The van der Waals surface area contributed by atoms with Crippen LogP contribution in [0.4, 0.5) is 9.52 Å². The van der Waals surface area contributed by atoms with Crippen LogP contribution in [0.2, 0.25) is 0 Å². The molecule has 134 valence electrons. The van der Waals surface area contributed by atoms with Gasteiger partial charge in [-0.3, -0.25) is 4.79 Å². The van der Waals surface area contributed by atoms with E-state index in [0.29, 0.717) is 13.0 Å². The highest BCUT2D eigenvalue weighted by Crippen LogP contribution is 2.23. The summed E-state index contributed by atoms with van der Waals surface area (Å²) in [5, 5.41) is 0.889. The van der Waals surface area contributed by atoms with Crippen molar-refractivity contribution in [1.29, 1.82) is 0 Å². The Kier molecular flexibility index (Phi) is 5.32. The van der Waals surface area contributed by atoms with Crippen molar-refractivity contribution in [3.8, 4) is 0 Å². The normalized spacial score (nSPS) is 18.0. The maximum absolute atomic E-state index is 13.0. The van der Waals surface area contributed by atoms with Gasteiger partial charge in [0.1, 0.15) is 11.6 Å². The summed E-state index contributed by atoms with van der Waals surface area (Å²) in [6.45, 7) is 8.21. The fourth-order valence-corrected chi connectivity index (χ4v) is 3.74. The Balaban J connectivity index is 1.63. The van der Waals surface area contributed by atoms with Crippen molar-refractivity contribution in [2.24, 2.45) is 5.92 Å². The number of hydrogen-bond acceptors (Lipinski definition) is 5. The molecule has 1 fully saturated rings. The average Bonchev–Trinajstić information content (AvgIpc) is 3.04. The van der Waals surface area contributed by atoms with Crippen LogP contribution in [0.25, 0.3) is 0 Å². The molecule has 2 heterocycles. The number of aromatic nitrogens is 2. The maximum Gasteiger partial charge on any atom is 0.225 e. The molecule has 5 nitrogen and oxygen atoms in total. The van der Waals surface area contributed by atoms with E-state index in [-0.39, 0.29) is 23.7 Å². The van der Waals surface area contributed by atoms with Crippen LogP contribution in [-0.4, -0.2) is 45.8 Å². The van der Waals surface area contributed by atoms with Gasteiger partial charge in [0.25, 0.3) is 0 Å². The molecule has 0 spiro atoms. The molecule has 1 aliphatic rings. The van der Waals surface area contributed by atoms with E-state index >= 15 is 0 Å². The third-order valence-corrected chi connectivity index (χ3v) is 5.22. The lowest BCUT2D eigenvalue weighted by molar-refractivity contribution is -0.136. The molecule has 1 aromatic heterocycles. The molecular weight excluding hydrogens is 339 g/mol. The summed E-state index contributed by atoms with van der Waals surface area (Å²) in [5.74, 6) is 0.748. The third-order valence-electron chi connectivity index (χ3n) is 4.41. The van der Waals surface area contributed by atoms with Crippen LogP contribution in [0.3, 0.4) is 0 Å². The Morgan fingerprint density at radius 3 is 2.68 bits per heavy atom. The lowest BCUT2D eigenvalue weighted by Crippen LogP contribution is -2.55. The first kappa shape index (κ1) is 17.8. The second-order valence-corrected chi connectivity index (χ2v) is 7.51. The topological polar surface area (TPSA) is 49.3 Å². The van der Waals surface area contributed by atoms with E-state index in [0.717, 1.165) is 29.6 Å². The van der Waals surface area contributed by atoms with E-state index in [9.17, 15) is 9.18 Å². The van der Waals surface area contributed by atoms with E-state index in [1.807, 2.05) is 18.7 Å². The van der Waals surface area contributed by atoms with E-state index in [4.69, 9.17) is 0 Å². The van der Waals surface area contributed by atoms with Gasteiger partial charge in [0.15, 0.2) is 0 Å². The summed E-state index contributed by atoms with van der Waals surface area (Å²) < 4.78 is 17.4. The summed E-state index contributed by atoms with van der Waals surface area (Å²) in [4.78, 5) is 21.0. The number of nitrogens with zero attached hydrogens (tertiary/aromatic N) is 4. The van der Waals surface area contributed by atoms with Crippen molar-refractivity contribution in [2.45, 2.75) is 33.2 Å². The zero-order valence-corrected chi connectivity index (χ0v) is 15.6. The van der Waals surface area contributed by atoms with Gasteiger partial charge >= 0.3 is 0 Å². The number of piperazine rings is 1. The minimum Gasteiger partial charge on any atom is -0.343 e. The van der Waals surface area contributed by atoms with Crippen molar-refractivity contribution >= 4 is 22.6 Å². The molecule has 7 heteroatoms. The van der Waals surface area contributed by atoms with E-state index in [1.54, 1.807) is 12.1 Å². The average molecular weight is 362 g/mol. The Morgan fingerprint density at radius 2 is 2.04 bits per heavy atom. The first-order valence-corrected chi connectivity index (χ1v) is 9.34. The predicted molar refractivity (Wildman–Crippen MR) is 97.3 cm³/mol. The van der Waals surface area contributed by atoms with Gasteiger partial charge in [-0.2, -0.15) is 4.37 Å². The first-order valence-electron chi connectivity index (χ1n) is 8.56. The van der Waals surface area contributed by atoms with Gasteiger partial charge in [0.05, 0.1) is 0 Å². The van der Waals surface area contributed by atoms with Gasteiger partial charge in [-0.15, -0.1) is 0 Å². The molecule has 1 saturated heterocycles. The highest BCUT2D eigenvalue weighted by Gasteiger charge is 2.29. The number of benzene rings is 1. The van der Waals surface area contributed by atoms with Crippen molar-refractivity contribution in [3.63, 3.8) is 0 Å². The second kappa shape index (κ2) is 7.47. The summed E-state index contributed by atoms with van der Waals surface area (Å²) >= 11 is 1.38. The molecule has 0 aliphatic carbocycles. The van der Waals surface area contributed by atoms with Gasteiger partial charge in [0, 0.05) is 49.5 Å². The third kappa shape index (κ3) is 4.15. The number of rotatable bonds is 4. The SMILES string of the molecule is CC(C)C(=O)N1CCN(c2nc(Cc3ccc(F)cc3)ns2)CC1C. The highest BCUT2D eigenvalue weighted by molar-refractivity contribution is 7.09. The Bertz CT molecular complexity index is 731. The molecule has 0 radical (unpaired) electrons. The van der Waals surface area contributed by atoms with Gasteiger partial charge in [-0.1, -0.05) is 26.0 Å². The Morgan fingerprint density at radius 1 is 1.32 bits per heavy atom. The molecule has 0 N–H and O–H groups in total. The zero-order chi connectivity index (χ0) is 18.0. The summed E-state index contributed by atoms with van der Waals surface area (Å²) in [5.41, 5.74) is 0.992. The fraction of sp³-hybridized carbons (Fsp3) is 0.500. The lowest BCUT2D eigenvalue weighted by Gasteiger charge is -2.40. The summed E-state index contributed by atoms with van der Waals surface area (Å²) in [6, 6.07) is 6.58. The van der Waals surface area contributed by atoms with Gasteiger partial charge in [-0.25, -0.2) is 9.37 Å². The molecule has 0 saturated carbocycles. The molecule has 0 bridgehead atoms. The molecule has 1 aromatic carbocycles. The van der Waals surface area contributed by atoms with Crippen LogP contribution in [0.15, 0.2) is 24.3 Å². The van der Waals surface area contributed by atoms with Gasteiger partial charge in [-0.05, 0) is 24.6 Å². The fourth-order valence-electron chi connectivity index (χ4n) is 3.02. The predicted octanol–water partition coefficient (Wildman–Crippen LogP) is 2.96. The van der Waals surface area contributed by atoms with Crippen LogP contribution in [-0.2, 0) is 11.2 Å². The molecule has 2 aromatic rings. The number of hydrogen-bond donors (Lipinski definition) is 0. The maximum atomic E-state index is 13.0. The zero-order valence-electron chi connectivity index (χ0n) is 14.8. The highest BCUT2D eigenvalue weighted by atomic mass is 32.1. The summed E-state index contributed by atoms with van der Waals surface area (Å²) in [6.07, 6.45) is 0.595. The first-order chi connectivity index (χ1) is 11.9. The molecule has 1 aliphatic heterocycles. The minimum absolute atomic E-state index is 0.0258. The van der Waals surface area contributed by atoms with Crippen molar-refractivity contribution in [3.05, 3.63) is 41.5 Å². The molecule has 3 rings (SSSR count). The second-order valence-electron chi connectivity index (χ2n) is 6.78. The minimum atomic E-state index is -0.238. The van der Waals surface area contributed by atoms with Crippen LogP contribution in [0, 0.1) is 11.7 Å². The van der Waals surface area contributed by atoms with E-state index in [1.165, 1.54) is 23.7 Å². The molecule has 1 amide bonds. The van der Waals surface area contributed by atoms with Gasteiger partial charge < -0.3 is 9.80 Å². The van der Waals surface area contributed by atoms with Crippen LogP contribution in [0.1, 0.15) is 32.2 Å². The van der Waals surface area contributed by atoms with Crippen molar-refractivity contribution < 1.29 is 9.18 Å². The van der Waals surface area contributed by atoms with Gasteiger partial charge in [0.2, 0.25) is 11.0 Å².